The molecule has 0 saturated heterocycles. The van der Waals surface area contributed by atoms with E-state index in [9.17, 15) is 9.59 Å². The second-order valence-electron chi connectivity index (χ2n) is 11.5. The van der Waals surface area contributed by atoms with Gasteiger partial charge in [0.25, 0.3) is 0 Å². The molecule has 38 heavy (non-hydrogen) atoms. The molecule has 0 aliphatic heterocycles. The van der Waals surface area contributed by atoms with Gasteiger partial charge in [-0.05, 0) is 81.2 Å². The summed E-state index contributed by atoms with van der Waals surface area (Å²) in [5, 5.41) is 0. The van der Waals surface area contributed by atoms with E-state index >= 15 is 0 Å². The van der Waals surface area contributed by atoms with Gasteiger partial charge in [0.15, 0.2) is 12.4 Å². The first kappa shape index (κ1) is 28.0. The van der Waals surface area contributed by atoms with Gasteiger partial charge in [-0.3, -0.25) is 4.79 Å². The van der Waals surface area contributed by atoms with Crippen LogP contribution in [0.3, 0.4) is 0 Å². The molecule has 1 fully saturated rings. The maximum Gasteiger partial charge on any atom is 0.344 e. The molecule has 200 valence electrons. The van der Waals surface area contributed by atoms with E-state index in [1.807, 2.05) is 57.2 Å². The molecule has 0 heterocycles. The van der Waals surface area contributed by atoms with Gasteiger partial charge in [0.05, 0.1) is 0 Å². The van der Waals surface area contributed by atoms with Gasteiger partial charge in [0, 0.05) is 26.5 Å². The summed E-state index contributed by atoms with van der Waals surface area (Å²) in [4.78, 5) is 28.3. The third-order valence-corrected chi connectivity index (χ3v) is 8.28. The minimum absolute atomic E-state index is 0.0668. The van der Waals surface area contributed by atoms with Gasteiger partial charge in [-0.25, -0.2) is 4.79 Å². The SMILES string of the molecule is Cc1cc(Sc2ccc(C(C)(C)C)cc2)c(C(=O)c2ccccc2)c(C)c1OCC(=O)OC1(C)CCCC1. The fraction of sp³-hybridized carbons (Fsp3) is 0.394. The van der Waals surface area contributed by atoms with E-state index in [2.05, 4.69) is 45.0 Å². The van der Waals surface area contributed by atoms with Crippen LogP contribution in [0.5, 0.6) is 5.75 Å². The number of aryl methyl sites for hydroxylation is 1. The highest BCUT2D eigenvalue weighted by atomic mass is 32.2. The van der Waals surface area contributed by atoms with Gasteiger partial charge in [-0.1, -0.05) is 75.0 Å². The summed E-state index contributed by atoms with van der Waals surface area (Å²) >= 11 is 1.57. The Morgan fingerprint density at radius 1 is 0.947 bits per heavy atom. The summed E-state index contributed by atoms with van der Waals surface area (Å²) in [6.07, 6.45) is 3.92. The normalized spacial score (nSPS) is 14.8. The first-order valence-electron chi connectivity index (χ1n) is 13.3. The number of hydrogen-bond acceptors (Lipinski definition) is 5. The zero-order valence-electron chi connectivity index (χ0n) is 23.4. The second-order valence-corrected chi connectivity index (χ2v) is 12.6. The van der Waals surface area contributed by atoms with Crippen LogP contribution in [0.25, 0.3) is 0 Å². The van der Waals surface area contributed by atoms with Crippen LogP contribution in [-0.4, -0.2) is 24.0 Å². The van der Waals surface area contributed by atoms with Crippen LogP contribution >= 0.6 is 11.8 Å². The van der Waals surface area contributed by atoms with Crippen LogP contribution in [0, 0.1) is 13.8 Å². The highest BCUT2D eigenvalue weighted by Gasteiger charge is 2.33. The van der Waals surface area contributed by atoms with Gasteiger partial charge in [-0.2, -0.15) is 0 Å². The smallest absolute Gasteiger partial charge is 0.344 e. The molecule has 0 aromatic heterocycles. The summed E-state index contributed by atoms with van der Waals surface area (Å²) in [7, 11) is 0. The van der Waals surface area contributed by atoms with Crippen molar-refractivity contribution in [3.8, 4) is 5.75 Å². The molecule has 0 spiro atoms. The molecule has 3 aromatic rings. The van der Waals surface area contributed by atoms with Gasteiger partial charge < -0.3 is 9.47 Å². The topological polar surface area (TPSA) is 52.6 Å². The van der Waals surface area contributed by atoms with Crippen LogP contribution in [0.2, 0.25) is 0 Å². The summed E-state index contributed by atoms with van der Waals surface area (Å²) in [5.41, 5.74) is 3.74. The van der Waals surface area contributed by atoms with Crippen molar-refractivity contribution in [2.75, 3.05) is 6.61 Å². The van der Waals surface area contributed by atoms with Crippen molar-refractivity contribution < 1.29 is 19.1 Å². The lowest BCUT2D eigenvalue weighted by Crippen LogP contribution is -2.30. The number of benzene rings is 3. The zero-order chi connectivity index (χ0) is 27.5. The Kier molecular flexibility index (Phi) is 8.37. The van der Waals surface area contributed by atoms with Gasteiger partial charge in [0.1, 0.15) is 11.4 Å². The van der Waals surface area contributed by atoms with E-state index in [0.717, 1.165) is 46.6 Å². The maximum atomic E-state index is 13.8. The number of ketones is 1. The summed E-state index contributed by atoms with van der Waals surface area (Å²) < 4.78 is 11.8. The average molecular weight is 531 g/mol. The lowest BCUT2D eigenvalue weighted by Gasteiger charge is -2.24. The first-order chi connectivity index (χ1) is 18.0. The monoisotopic (exact) mass is 530 g/mol. The van der Waals surface area contributed by atoms with Crippen molar-refractivity contribution in [2.45, 2.75) is 88.0 Å². The molecule has 0 amide bonds. The summed E-state index contributed by atoms with van der Waals surface area (Å²) in [6.45, 7) is 12.2. The van der Waals surface area contributed by atoms with Gasteiger partial charge in [-0.15, -0.1) is 0 Å². The Hall–Kier alpha value is -3.05. The molecule has 1 saturated carbocycles. The highest BCUT2D eigenvalue weighted by Crippen LogP contribution is 2.40. The van der Waals surface area contributed by atoms with Crippen LogP contribution in [0.15, 0.2) is 70.5 Å². The minimum atomic E-state index is -0.401. The van der Waals surface area contributed by atoms with Crippen molar-refractivity contribution in [3.63, 3.8) is 0 Å². The minimum Gasteiger partial charge on any atom is -0.481 e. The van der Waals surface area contributed by atoms with E-state index in [1.54, 1.807) is 11.8 Å². The molecule has 0 N–H and O–H groups in total. The Morgan fingerprint density at radius 3 is 2.18 bits per heavy atom. The number of carbonyl (C=O) groups excluding carboxylic acids is 2. The molecule has 0 bridgehead atoms. The second kappa shape index (κ2) is 11.4. The molecular formula is C33H38O4S. The molecular weight excluding hydrogens is 492 g/mol. The van der Waals surface area contributed by atoms with E-state index in [-0.39, 0.29) is 23.8 Å². The lowest BCUT2D eigenvalue weighted by atomic mass is 9.87. The Morgan fingerprint density at radius 2 is 1.58 bits per heavy atom. The van der Waals surface area contributed by atoms with Crippen LogP contribution in [-0.2, 0) is 14.9 Å². The third kappa shape index (κ3) is 6.50. The predicted molar refractivity (Wildman–Crippen MR) is 154 cm³/mol. The van der Waals surface area contributed by atoms with Crippen LogP contribution in [0.4, 0.5) is 0 Å². The number of hydrogen-bond donors (Lipinski definition) is 0. The first-order valence-corrected chi connectivity index (χ1v) is 14.2. The fourth-order valence-corrected chi connectivity index (χ4v) is 6.17. The number of carbonyl (C=O) groups is 2. The van der Waals surface area contributed by atoms with E-state index in [1.165, 1.54) is 5.56 Å². The van der Waals surface area contributed by atoms with Crippen LogP contribution in [0.1, 0.15) is 86.0 Å². The van der Waals surface area contributed by atoms with E-state index < -0.39 is 5.60 Å². The third-order valence-electron chi connectivity index (χ3n) is 7.23. The Labute approximate surface area is 231 Å². The number of esters is 1. The predicted octanol–water partition coefficient (Wildman–Crippen LogP) is 8.24. The van der Waals surface area contributed by atoms with Crippen molar-refractivity contribution in [3.05, 3.63) is 88.5 Å². The molecule has 3 aromatic carbocycles. The molecule has 1 aliphatic rings. The molecule has 5 heteroatoms. The molecule has 1 aliphatic carbocycles. The Bertz CT molecular complexity index is 1300. The van der Waals surface area contributed by atoms with Crippen molar-refractivity contribution in [1.82, 2.24) is 0 Å². The summed E-state index contributed by atoms with van der Waals surface area (Å²) in [5.74, 6) is 0.120. The molecule has 4 nitrogen and oxygen atoms in total. The average Bonchev–Trinajstić information content (AvgIpc) is 3.29. The summed E-state index contributed by atoms with van der Waals surface area (Å²) in [6, 6.07) is 19.8. The standard InChI is InChI=1S/C33H38O4S/c1-22-20-27(38-26-16-14-25(15-17-26)32(3,4)5)29(30(35)24-12-8-7-9-13-24)23(2)31(22)36-21-28(34)37-33(6)18-10-11-19-33/h7-9,12-17,20H,10-11,18-19,21H2,1-6H3. The molecule has 0 unspecified atom stereocenters. The van der Waals surface area contributed by atoms with Crippen molar-refractivity contribution >= 4 is 23.5 Å². The maximum absolute atomic E-state index is 13.8. The fourth-order valence-electron chi connectivity index (χ4n) is 5.06. The number of ether oxygens (including phenoxy) is 2. The Balaban J connectivity index is 1.65. The van der Waals surface area contributed by atoms with Crippen molar-refractivity contribution in [2.24, 2.45) is 0 Å². The quantitative estimate of drug-likeness (QED) is 0.217. The highest BCUT2D eigenvalue weighted by molar-refractivity contribution is 7.99. The molecule has 4 rings (SSSR count). The largest absolute Gasteiger partial charge is 0.481 e. The van der Waals surface area contributed by atoms with Gasteiger partial charge >= 0.3 is 5.97 Å². The lowest BCUT2D eigenvalue weighted by molar-refractivity contribution is -0.159. The van der Waals surface area contributed by atoms with Gasteiger partial charge in [0.2, 0.25) is 0 Å². The van der Waals surface area contributed by atoms with Crippen LogP contribution < -0.4 is 4.74 Å². The molecule has 0 atom stereocenters. The van der Waals surface area contributed by atoms with E-state index in [4.69, 9.17) is 9.47 Å². The van der Waals surface area contributed by atoms with Crippen molar-refractivity contribution in [1.29, 1.82) is 0 Å². The number of rotatable bonds is 8. The van der Waals surface area contributed by atoms with E-state index in [0.29, 0.717) is 16.9 Å². The zero-order valence-corrected chi connectivity index (χ0v) is 24.2. The molecule has 0 radical (unpaired) electrons.